The third-order valence-electron chi connectivity index (χ3n) is 5.02. The fraction of sp³-hybridized carbons (Fsp3) is 0.500. The van der Waals surface area contributed by atoms with Crippen LogP contribution >= 0.6 is 0 Å². The molecule has 0 N–H and O–H groups in total. The topological polar surface area (TPSA) is 45.2 Å². The Morgan fingerprint density at radius 1 is 1.00 bits per heavy atom. The molecule has 0 aromatic carbocycles. The maximum atomic E-state index is 13.9. The van der Waals surface area contributed by atoms with E-state index in [1.54, 1.807) is 12.3 Å². The molecule has 0 aliphatic carbocycles. The lowest BCUT2D eigenvalue weighted by Gasteiger charge is -2.23. The standard InChI is InChI=1S/C18H22FN5/c1-12(2)17-20-7-5-16(22-17)23-8-13-10-24(11-14(13)9-23)18-15(19)4-3-6-21-18/h3-7,12-14H,8-11H2,1-2H3. The lowest BCUT2D eigenvalue weighted by molar-refractivity contribution is 0.533. The molecule has 0 bridgehead atoms. The van der Waals surface area contributed by atoms with Crippen molar-refractivity contribution in [3.8, 4) is 0 Å². The van der Waals surface area contributed by atoms with Gasteiger partial charge in [0.15, 0.2) is 11.6 Å². The molecule has 6 heteroatoms. The summed E-state index contributed by atoms with van der Waals surface area (Å²) in [7, 11) is 0. The van der Waals surface area contributed by atoms with Crippen LogP contribution in [0.25, 0.3) is 0 Å². The maximum Gasteiger partial charge on any atom is 0.165 e. The molecule has 0 saturated carbocycles. The Morgan fingerprint density at radius 2 is 1.71 bits per heavy atom. The van der Waals surface area contributed by atoms with Gasteiger partial charge in [-0.05, 0) is 18.2 Å². The van der Waals surface area contributed by atoms with E-state index in [1.807, 2.05) is 12.3 Å². The number of hydrogen-bond donors (Lipinski definition) is 0. The zero-order valence-electron chi connectivity index (χ0n) is 14.1. The molecule has 2 atom stereocenters. The highest BCUT2D eigenvalue weighted by atomic mass is 19.1. The van der Waals surface area contributed by atoms with Gasteiger partial charge in [-0.2, -0.15) is 0 Å². The number of nitrogens with zero attached hydrogens (tertiary/aromatic N) is 5. The molecule has 2 aliphatic heterocycles. The van der Waals surface area contributed by atoms with Crippen LogP contribution in [0, 0.1) is 17.7 Å². The lowest BCUT2D eigenvalue weighted by atomic mass is 10.0. The van der Waals surface area contributed by atoms with E-state index in [9.17, 15) is 4.39 Å². The first kappa shape index (κ1) is 15.3. The lowest BCUT2D eigenvalue weighted by Crippen LogP contribution is -2.30. The summed E-state index contributed by atoms with van der Waals surface area (Å²) in [4.78, 5) is 17.7. The molecule has 2 aromatic rings. The second-order valence-electron chi connectivity index (χ2n) is 7.07. The van der Waals surface area contributed by atoms with Crippen LogP contribution < -0.4 is 9.80 Å². The zero-order valence-corrected chi connectivity index (χ0v) is 14.1. The van der Waals surface area contributed by atoms with E-state index in [0.29, 0.717) is 23.6 Å². The monoisotopic (exact) mass is 327 g/mol. The van der Waals surface area contributed by atoms with Gasteiger partial charge in [0.2, 0.25) is 0 Å². The van der Waals surface area contributed by atoms with Crippen LogP contribution in [0.4, 0.5) is 16.0 Å². The van der Waals surface area contributed by atoms with Gasteiger partial charge in [-0.25, -0.2) is 19.3 Å². The Labute approximate surface area is 141 Å². The number of pyridine rings is 1. The summed E-state index contributed by atoms with van der Waals surface area (Å²) >= 11 is 0. The third-order valence-corrected chi connectivity index (χ3v) is 5.02. The normalized spacial score (nSPS) is 23.2. The molecule has 4 heterocycles. The number of anilines is 2. The van der Waals surface area contributed by atoms with Crippen LogP contribution in [0.2, 0.25) is 0 Å². The summed E-state index contributed by atoms with van der Waals surface area (Å²) in [5.41, 5.74) is 0. The molecular formula is C18H22FN5. The summed E-state index contributed by atoms with van der Waals surface area (Å²) in [6.07, 6.45) is 3.51. The van der Waals surface area contributed by atoms with Gasteiger partial charge in [0.25, 0.3) is 0 Å². The van der Waals surface area contributed by atoms with E-state index in [1.165, 1.54) is 6.07 Å². The number of hydrogen-bond acceptors (Lipinski definition) is 5. The van der Waals surface area contributed by atoms with Crippen LogP contribution in [0.15, 0.2) is 30.6 Å². The van der Waals surface area contributed by atoms with Gasteiger partial charge >= 0.3 is 0 Å². The predicted octanol–water partition coefficient (Wildman–Crippen LogP) is 2.71. The minimum absolute atomic E-state index is 0.230. The van der Waals surface area contributed by atoms with Crippen LogP contribution in [0.3, 0.4) is 0 Å². The average molecular weight is 327 g/mol. The minimum atomic E-state index is -0.230. The predicted molar refractivity (Wildman–Crippen MR) is 91.7 cm³/mol. The molecule has 2 aliphatic rings. The largest absolute Gasteiger partial charge is 0.356 e. The zero-order chi connectivity index (χ0) is 16.7. The number of halogens is 1. The highest BCUT2D eigenvalue weighted by Gasteiger charge is 2.41. The Morgan fingerprint density at radius 3 is 2.38 bits per heavy atom. The molecule has 5 nitrogen and oxygen atoms in total. The highest BCUT2D eigenvalue weighted by molar-refractivity contribution is 5.45. The molecule has 2 saturated heterocycles. The number of fused-ring (bicyclic) bond motifs is 1. The van der Waals surface area contributed by atoms with Crippen molar-refractivity contribution < 1.29 is 4.39 Å². The summed E-state index contributed by atoms with van der Waals surface area (Å²) < 4.78 is 13.9. The van der Waals surface area contributed by atoms with Crippen molar-refractivity contribution in [3.05, 3.63) is 42.2 Å². The Hall–Kier alpha value is -2.24. The van der Waals surface area contributed by atoms with Crippen LogP contribution in [-0.2, 0) is 0 Å². The van der Waals surface area contributed by atoms with Crippen molar-refractivity contribution in [2.45, 2.75) is 19.8 Å². The molecule has 0 spiro atoms. The maximum absolute atomic E-state index is 13.9. The first-order valence-corrected chi connectivity index (χ1v) is 8.55. The van der Waals surface area contributed by atoms with Crippen molar-refractivity contribution in [3.63, 3.8) is 0 Å². The smallest absolute Gasteiger partial charge is 0.165 e. The fourth-order valence-corrected chi connectivity index (χ4v) is 3.78. The van der Waals surface area contributed by atoms with Gasteiger partial charge in [-0.1, -0.05) is 13.8 Å². The van der Waals surface area contributed by atoms with Crippen LogP contribution in [0.1, 0.15) is 25.6 Å². The Kier molecular flexibility index (Phi) is 3.82. The molecule has 2 aromatic heterocycles. The number of aromatic nitrogens is 3. The highest BCUT2D eigenvalue weighted by Crippen LogP contribution is 2.35. The van der Waals surface area contributed by atoms with Crippen molar-refractivity contribution in [1.29, 1.82) is 0 Å². The molecule has 24 heavy (non-hydrogen) atoms. The second kappa shape index (κ2) is 6.00. The van der Waals surface area contributed by atoms with Gasteiger partial charge in [0.05, 0.1) is 0 Å². The third kappa shape index (κ3) is 2.70. The summed E-state index contributed by atoms with van der Waals surface area (Å²) in [6, 6.07) is 5.11. The fourth-order valence-electron chi connectivity index (χ4n) is 3.78. The number of rotatable bonds is 3. The van der Waals surface area contributed by atoms with Gasteiger partial charge < -0.3 is 9.80 Å². The Bertz CT molecular complexity index is 721. The van der Waals surface area contributed by atoms with Gasteiger partial charge in [-0.15, -0.1) is 0 Å². The van der Waals surface area contributed by atoms with Crippen molar-refractivity contribution >= 4 is 11.6 Å². The van der Waals surface area contributed by atoms with E-state index < -0.39 is 0 Å². The molecule has 126 valence electrons. The molecule has 0 amide bonds. The summed E-state index contributed by atoms with van der Waals surface area (Å²) in [5, 5.41) is 0. The molecular weight excluding hydrogens is 305 g/mol. The minimum Gasteiger partial charge on any atom is -0.356 e. The quantitative estimate of drug-likeness (QED) is 0.867. The first-order valence-electron chi connectivity index (χ1n) is 8.55. The van der Waals surface area contributed by atoms with Crippen LogP contribution in [0.5, 0.6) is 0 Å². The van der Waals surface area contributed by atoms with E-state index in [0.717, 1.165) is 37.8 Å². The van der Waals surface area contributed by atoms with Gasteiger partial charge in [0.1, 0.15) is 11.6 Å². The Balaban J connectivity index is 1.47. The van der Waals surface area contributed by atoms with Gasteiger partial charge in [-0.3, -0.25) is 0 Å². The van der Waals surface area contributed by atoms with E-state index in [-0.39, 0.29) is 5.82 Å². The summed E-state index contributed by atoms with van der Waals surface area (Å²) in [5.74, 6) is 3.55. The van der Waals surface area contributed by atoms with Gasteiger partial charge in [0, 0.05) is 56.3 Å². The van der Waals surface area contributed by atoms with E-state index >= 15 is 0 Å². The molecule has 4 rings (SSSR count). The molecule has 2 fully saturated rings. The van der Waals surface area contributed by atoms with Crippen molar-refractivity contribution in [2.24, 2.45) is 11.8 Å². The first-order chi connectivity index (χ1) is 11.6. The second-order valence-corrected chi connectivity index (χ2v) is 7.07. The average Bonchev–Trinajstić information content (AvgIpc) is 3.14. The van der Waals surface area contributed by atoms with E-state index in [4.69, 9.17) is 4.98 Å². The van der Waals surface area contributed by atoms with Crippen molar-refractivity contribution in [1.82, 2.24) is 15.0 Å². The molecule has 2 unspecified atom stereocenters. The SMILES string of the molecule is CC(C)c1nccc(N2CC3CN(c4ncccc4F)CC3C2)n1. The van der Waals surface area contributed by atoms with Crippen LogP contribution in [-0.4, -0.2) is 41.1 Å². The summed E-state index contributed by atoms with van der Waals surface area (Å²) in [6.45, 7) is 7.86. The van der Waals surface area contributed by atoms with Crippen molar-refractivity contribution in [2.75, 3.05) is 36.0 Å². The van der Waals surface area contributed by atoms with E-state index in [2.05, 4.69) is 33.6 Å². The molecule has 0 radical (unpaired) electrons.